The van der Waals surface area contributed by atoms with Crippen molar-refractivity contribution in [2.45, 2.75) is 19.3 Å². The van der Waals surface area contributed by atoms with Crippen LogP contribution in [0.3, 0.4) is 0 Å². The Kier molecular flexibility index (Phi) is 7.20. The van der Waals surface area contributed by atoms with Crippen LogP contribution in [-0.2, 0) is 0 Å². The summed E-state index contributed by atoms with van der Waals surface area (Å²) in [4.78, 5) is 32.5. The van der Waals surface area contributed by atoms with Crippen LogP contribution in [0, 0.1) is 28.8 Å². The quantitative estimate of drug-likeness (QED) is 0.464. The highest BCUT2D eigenvalue weighted by Gasteiger charge is 2.51. The van der Waals surface area contributed by atoms with Gasteiger partial charge in [-0.05, 0) is 55.2 Å². The van der Waals surface area contributed by atoms with Gasteiger partial charge in [-0.1, -0.05) is 6.42 Å². The summed E-state index contributed by atoms with van der Waals surface area (Å²) in [6.45, 7) is 0.846. The molecular weight excluding hydrogens is 511 g/mol. The van der Waals surface area contributed by atoms with Crippen LogP contribution in [0.1, 0.15) is 40.0 Å². The van der Waals surface area contributed by atoms with Crippen LogP contribution in [0.2, 0.25) is 0 Å². The average Bonchev–Trinajstić information content (AvgIpc) is 3.50. The van der Waals surface area contributed by atoms with Crippen molar-refractivity contribution in [2.24, 2.45) is 11.3 Å². The van der Waals surface area contributed by atoms with Crippen LogP contribution < -0.4 is 14.8 Å². The molecule has 3 aromatic rings. The molecule has 7 nitrogen and oxygen atoms in total. The van der Waals surface area contributed by atoms with Crippen molar-refractivity contribution in [1.29, 1.82) is 0 Å². The minimum Gasteiger partial charge on any atom is -0.494 e. The number of pyridine rings is 1. The predicted molar refractivity (Wildman–Crippen MR) is 137 cm³/mol. The number of halogens is 3. The van der Waals surface area contributed by atoms with Crippen molar-refractivity contribution in [3.05, 3.63) is 77.2 Å². The van der Waals surface area contributed by atoms with Crippen LogP contribution in [-0.4, -0.2) is 55.6 Å². The number of likely N-dealkylation sites (tertiary alicyclic amines) is 1. The van der Waals surface area contributed by atoms with Crippen molar-refractivity contribution in [3.8, 4) is 22.8 Å². The molecule has 2 amide bonds. The van der Waals surface area contributed by atoms with E-state index >= 15 is 8.78 Å². The van der Waals surface area contributed by atoms with E-state index in [2.05, 4.69) is 10.3 Å². The molecule has 1 N–H and O–H groups in total. The summed E-state index contributed by atoms with van der Waals surface area (Å²) in [5.74, 6) is -4.19. The number of fused-ring (bicyclic) bond motifs is 1. The molecule has 2 heterocycles. The Morgan fingerprint density at radius 1 is 1.08 bits per heavy atom. The van der Waals surface area contributed by atoms with Gasteiger partial charge in [0.2, 0.25) is 0 Å². The van der Waals surface area contributed by atoms with E-state index in [1.807, 2.05) is 0 Å². The summed E-state index contributed by atoms with van der Waals surface area (Å²) in [7, 11) is 2.46. The van der Waals surface area contributed by atoms with E-state index in [1.165, 1.54) is 31.3 Å². The molecule has 0 spiro atoms. The van der Waals surface area contributed by atoms with Crippen LogP contribution in [0.5, 0.6) is 11.5 Å². The number of hydrogen-bond donors (Lipinski definition) is 1. The predicted octanol–water partition coefficient (Wildman–Crippen LogP) is 4.86. The molecule has 204 valence electrons. The molecule has 2 aliphatic rings. The molecule has 0 radical (unpaired) electrons. The number of amides is 2. The van der Waals surface area contributed by atoms with Crippen molar-refractivity contribution < 1.29 is 32.2 Å². The number of aromatic nitrogens is 1. The summed E-state index contributed by atoms with van der Waals surface area (Å²) in [5, 5.41) is 3.00. The Morgan fingerprint density at radius 3 is 2.44 bits per heavy atom. The first-order valence-corrected chi connectivity index (χ1v) is 12.7. The lowest BCUT2D eigenvalue weighted by molar-refractivity contribution is 0.0755. The third-order valence-electron chi connectivity index (χ3n) is 7.89. The third-order valence-corrected chi connectivity index (χ3v) is 7.89. The van der Waals surface area contributed by atoms with E-state index in [-0.39, 0.29) is 42.2 Å². The topological polar surface area (TPSA) is 80.8 Å². The molecule has 1 aliphatic heterocycles. The SMILES string of the molecule is COc1cc(OC)c(F)c(C(=O)N2C[C@@H]3CCC[C@]3(CNC(=O)c3cccnc3-c3ccc(F)cc3)C2)c1F. The second kappa shape index (κ2) is 10.6. The number of methoxy groups -OCH3 is 2. The Labute approximate surface area is 223 Å². The number of benzene rings is 2. The first kappa shape index (κ1) is 26.5. The van der Waals surface area contributed by atoms with Gasteiger partial charge in [0.05, 0.1) is 25.5 Å². The number of carbonyl (C=O) groups excluding carboxylic acids is 2. The van der Waals surface area contributed by atoms with Gasteiger partial charge in [-0.15, -0.1) is 0 Å². The number of nitrogens with one attached hydrogen (secondary N) is 1. The van der Waals surface area contributed by atoms with Gasteiger partial charge in [0, 0.05) is 42.9 Å². The first-order valence-electron chi connectivity index (χ1n) is 12.7. The smallest absolute Gasteiger partial charge is 0.260 e. The minimum atomic E-state index is -1.08. The standard InChI is InChI=1S/C29H28F3N3O4/c1-38-21-13-22(39-2)25(32)23(24(21)31)28(37)35-14-18-5-3-11-29(18,16-35)15-34-27(36)20-6-4-12-33-26(20)17-7-9-19(30)10-8-17/h4,6-10,12-13,18H,3,5,11,14-16H2,1-2H3,(H,34,36)/t18-,29-/m0/s1. The van der Waals surface area contributed by atoms with E-state index in [0.29, 0.717) is 23.4 Å². The Morgan fingerprint density at radius 2 is 1.77 bits per heavy atom. The number of rotatable bonds is 7. The molecule has 39 heavy (non-hydrogen) atoms. The lowest BCUT2D eigenvalue weighted by Crippen LogP contribution is -2.41. The van der Waals surface area contributed by atoms with Crippen molar-refractivity contribution in [2.75, 3.05) is 33.9 Å². The molecule has 10 heteroatoms. The fourth-order valence-electron chi connectivity index (χ4n) is 5.87. The Hall–Kier alpha value is -4.08. The van der Waals surface area contributed by atoms with Gasteiger partial charge in [0.1, 0.15) is 11.4 Å². The highest BCUT2D eigenvalue weighted by Crippen LogP contribution is 2.49. The van der Waals surface area contributed by atoms with Gasteiger partial charge in [0.25, 0.3) is 11.8 Å². The van der Waals surface area contributed by atoms with E-state index in [9.17, 15) is 14.0 Å². The maximum absolute atomic E-state index is 15.0. The number of ether oxygens (including phenoxy) is 2. The molecule has 1 saturated heterocycles. The van der Waals surface area contributed by atoms with Crippen LogP contribution in [0.25, 0.3) is 11.3 Å². The van der Waals surface area contributed by atoms with E-state index in [4.69, 9.17) is 9.47 Å². The lowest BCUT2D eigenvalue weighted by Gasteiger charge is -2.29. The molecular formula is C29H28F3N3O4. The normalized spacial score (nSPS) is 20.0. The monoisotopic (exact) mass is 539 g/mol. The number of carbonyl (C=O) groups is 2. The summed E-state index contributed by atoms with van der Waals surface area (Å²) < 4.78 is 53.4. The van der Waals surface area contributed by atoms with Crippen molar-refractivity contribution in [1.82, 2.24) is 15.2 Å². The maximum Gasteiger partial charge on any atom is 0.260 e. The molecule has 2 atom stereocenters. The Balaban J connectivity index is 1.36. The van der Waals surface area contributed by atoms with Crippen LogP contribution in [0.4, 0.5) is 13.2 Å². The van der Waals surface area contributed by atoms with Gasteiger partial charge in [-0.25, -0.2) is 13.2 Å². The second-order valence-corrected chi connectivity index (χ2v) is 10.0. The fraction of sp³-hybridized carbons (Fsp3) is 0.345. The number of hydrogen-bond acceptors (Lipinski definition) is 5. The molecule has 5 rings (SSSR count). The molecule has 2 fully saturated rings. The van der Waals surface area contributed by atoms with Gasteiger partial charge < -0.3 is 19.7 Å². The van der Waals surface area contributed by atoms with Crippen molar-refractivity contribution in [3.63, 3.8) is 0 Å². The Bertz CT molecular complexity index is 1390. The zero-order chi connectivity index (χ0) is 27.7. The summed E-state index contributed by atoms with van der Waals surface area (Å²) in [6, 6.07) is 10.1. The largest absolute Gasteiger partial charge is 0.494 e. The molecule has 1 saturated carbocycles. The average molecular weight is 540 g/mol. The maximum atomic E-state index is 15.0. The van der Waals surface area contributed by atoms with E-state index in [0.717, 1.165) is 25.3 Å². The van der Waals surface area contributed by atoms with Crippen LogP contribution >= 0.6 is 0 Å². The van der Waals surface area contributed by atoms with E-state index in [1.54, 1.807) is 30.5 Å². The van der Waals surface area contributed by atoms with Gasteiger partial charge in [-0.3, -0.25) is 14.6 Å². The summed E-state index contributed by atoms with van der Waals surface area (Å²) >= 11 is 0. The zero-order valence-electron chi connectivity index (χ0n) is 21.6. The molecule has 1 aromatic heterocycles. The second-order valence-electron chi connectivity index (χ2n) is 10.0. The molecule has 2 aromatic carbocycles. The molecule has 1 aliphatic carbocycles. The van der Waals surface area contributed by atoms with Gasteiger partial charge in [0.15, 0.2) is 23.1 Å². The van der Waals surface area contributed by atoms with Crippen molar-refractivity contribution >= 4 is 11.8 Å². The highest BCUT2D eigenvalue weighted by atomic mass is 19.1. The highest BCUT2D eigenvalue weighted by molar-refractivity contribution is 6.00. The lowest BCUT2D eigenvalue weighted by atomic mass is 9.80. The van der Waals surface area contributed by atoms with Gasteiger partial charge >= 0.3 is 0 Å². The number of nitrogens with zero attached hydrogens (tertiary/aromatic N) is 2. The first-order chi connectivity index (χ1) is 18.8. The van der Waals surface area contributed by atoms with Crippen LogP contribution in [0.15, 0.2) is 48.7 Å². The van der Waals surface area contributed by atoms with E-state index < -0.39 is 28.5 Å². The summed E-state index contributed by atoms with van der Waals surface area (Å²) in [5.41, 5.74) is 0.226. The molecule has 0 bridgehead atoms. The third kappa shape index (κ3) is 4.79. The van der Waals surface area contributed by atoms with Gasteiger partial charge in [-0.2, -0.15) is 0 Å². The zero-order valence-corrected chi connectivity index (χ0v) is 21.6. The minimum absolute atomic E-state index is 0.0610. The molecule has 0 unspecified atom stereocenters. The summed E-state index contributed by atoms with van der Waals surface area (Å²) in [6.07, 6.45) is 4.07. The fourth-order valence-corrected chi connectivity index (χ4v) is 5.87.